The summed E-state index contributed by atoms with van der Waals surface area (Å²) in [5.74, 6) is -0.491. The summed E-state index contributed by atoms with van der Waals surface area (Å²) in [5, 5.41) is 0. The van der Waals surface area contributed by atoms with Gasteiger partial charge in [-0.1, -0.05) is 12.1 Å². The van der Waals surface area contributed by atoms with E-state index in [4.69, 9.17) is 5.73 Å². The zero-order valence-electron chi connectivity index (χ0n) is 14.1. The molecule has 6 nitrogen and oxygen atoms in total. The number of benzene rings is 2. The van der Waals surface area contributed by atoms with Gasteiger partial charge < -0.3 is 10.6 Å². The van der Waals surface area contributed by atoms with Crippen LogP contribution in [0.3, 0.4) is 0 Å². The first-order chi connectivity index (χ1) is 12.3. The molecule has 1 atom stereocenters. The number of sulfonamides is 1. The molecule has 1 saturated heterocycles. The highest BCUT2D eigenvalue weighted by Gasteiger charge is 2.23. The summed E-state index contributed by atoms with van der Waals surface area (Å²) in [6.45, 7) is 1.25. The summed E-state index contributed by atoms with van der Waals surface area (Å²) in [4.78, 5) is 13.9. The van der Waals surface area contributed by atoms with Gasteiger partial charge in [-0.3, -0.25) is 9.52 Å². The van der Waals surface area contributed by atoms with E-state index < -0.39 is 15.8 Å². The third-order valence-corrected chi connectivity index (χ3v) is 5.66. The lowest BCUT2D eigenvalue weighted by molar-refractivity contribution is -0.129. The fourth-order valence-electron chi connectivity index (χ4n) is 2.82. The van der Waals surface area contributed by atoms with Crippen LogP contribution in [0.2, 0.25) is 0 Å². The van der Waals surface area contributed by atoms with Crippen LogP contribution in [0.25, 0.3) is 0 Å². The second-order valence-electron chi connectivity index (χ2n) is 6.32. The molecule has 3 rings (SSSR count). The maximum atomic E-state index is 12.9. The Balaban J connectivity index is 1.64. The molecule has 1 amide bonds. The van der Waals surface area contributed by atoms with Gasteiger partial charge in [0.1, 0.15) is 5.82 Å². The third-order valence-electron chi connectivity index (χ3n) is 4.26. The predicted octanol–water partition coefficient (Wildman–Crippen LogP) is 1.73. The van der Waals surface area contributed by atoms with Crippen molar-refractivity contribution in [3.63, 3.8) is 0 Å². The van der Waals surface area contributed by atoms with Crippen LogP contribution < -0.4 is 10.5 Å². The van der Waals surface area contributed by atoms with Gasteiger partial charge in [0.2, 0.25) is 5.91 Å². The van der Waals surface area contributed by atoms with Crippen LogP contribution in [0.4, 0.5) is 10.1 Å². The lowest BCUT2D eigenvalue weighted by atomic mass is 10.1. The molecule has 0 aliphatic carbocycles. The molecule has 0 saturated carbocycles. The van der Waals surface area contributed by atoms with E-state index in [1.54, 1.807) is 29.2 Å². The first-order valence-corrected chi connectivity index (χ1v) is 9.72. The molecule has 2 aromatic rings. The second kappa shape index (κ2) is 7.43. The molecule has 8 heteroatoms. The van der Waals surface area contributed by atoms with Crippen molar-refractivity contribution in [3.05, 3.63) is 59.9 Å². The summed E-state index contributed by atoms with van der Waals surface area (Å²) in [6, 6.07) is 11.2. The summed E-state index contributed by atoms with van der Waals surface area (Å²) >= 11 is 0. The molecule has 138 valence electrons. The Morgan fingerprint density at radius 3 is 2.38 bits per heavy atom. The van der Waals surface area contributed by atoms with Gasteiger partial charge in [-0.2, -0.15) is 0 Å². The normalized spacial score (nSPS) is 17.3. The number of nitrogens with zero attached hydrogens (tertiary/aromatic N) is 1. The number of nitrogens with two attached hydrogens (primary N) is 1. The van der Waals surface area contributed by atoms with E-state index in [1.165, 1.54) is 12.1 Å². The molecule has 0 bridgehead atoms. The van der Waals surface area contributed by atoms with Crippen LogP contribution >= 0.6 is 0 Å². The Morgan fingerprint density at radius 1 is 1.15 bits per heavy atom. The molecule has 2 aromatic carbocycles. The van der Waals surface area contributed by atoms with Crippen molar-refractivity contribution in [2.45, 2.75) is 23.8 Å². The predicted molar refractivity (Wildman–Crippen MR) is 96.5 cm³/mol. The van der Waals surface area contributed by atoms with E-state index in [-0.39, 0.29) is 23.3 Å². The van der Waals surface area contributed by atoms with Gasteiger partial charge in [0.15, 0.2) is 0 Å². The number of carbonyl (C=O) groups is 1. The van der Waals surface area contributed by atoms with Crippen LogP contribution in [0.5, 0.6) is 0 Å². The van der Waals surface area contributed by atoms with Crippen LogP contribution in [0, 0.1) is 5.82 Å². The highest BCUT2D eigenvalue weighted by molar-refractivity contribution is 7.92. The fourth-order valence-corrected chi connectivity index (χ4v) is 3.88. The fraction of sp³-hybridized carbons (Fsp3) is 0.278. The van der Waals surface area contributed by atoms with Crippen molar-refractivity contribution >= 4 is 21.6 Å². The van der Waals surface area contributed by atoms with Gasteiger partial charge in [0.05, 0.1) is 11.3 Å². The van der Waals surface area contributed by atoms with E-state index >= 15 is 0 Å². The van der Waals surface area contributed by atoms with Gasteiger partial charge in [0, 0.05) is 24.8 Å². The van der Waals surface area contributed by atoms with E-state index in [1.807, 2.05) is 0 Å². The van der Waals surface area contributed by atoms with Crippen molar-refractivity contribution in [1.29, 1.82) is 0 Å². The zero-order chi connectivity index (χ0) is 18.7. The third kappa shape index (κ3) is 4.39. The van der Waals surface area contributed by atoms with Crippen molar-refractivity contribution in [2.75, 3.05) is 17.8 Å². The molecule has 1 aliphatic rings. The van der Waals surface area contributed by atoms with Crippen molar-refractivity contribution in [2.24, 2.45) is 5.73 Å². The van der Waals surface area contributed by atoms with Crippen molar-refractivity contribution < 1.29 is 17.6 Å². The summed E-state index contributed by atoms with van der Waals surface area (Å²) in [7, 11) is -3.79. The van der Waals surface area contributed by atoms with Crippen LogP contribution in [-0.4, -0.2) is 38.4 Å². The average Bonchev–Trinajstić information content (AvgIpc) is 3.03. The lowest BCUT2D eigenvalue weighted by Gasteiger charge is -2.16. The Hall–Kier alpha value is -2.45. The number of hydrogen-bond donors (Lipinski definition) is 2. The minimum Gasteiger partial charge on any atom is -0.341 e. The summed E-state index contributed by atoms with van der Waals surface area (Å²) in [6.07, 6.45) is 1.06. The van der Waals surface area contributed by atoms with E-state index in [9.17, 15) is 17.6 Å². The van der Waals surface area contributed by atoms with E-state index in [0.717, 1.165) is 24.1 Å². The standard InChI is InChI=1S/C18H20FN3O3S/c19-14-3-7-17(8-4-14)26(24,25)21-16-5-1-13(2-6-16)11-18(23)22-10-9-15(20)12-22/h1-8,15,21H,9-12,20H2/t15-/m1/s1. The molecule has 1 heterocycles. The van der Waals surface area contributed by atoms with E-state index in [0.29, 0.717) is 18.8 Å². The number of rotatable bonds is 5. The molecule has 1 aliphatic heterocycles. The number of hydrogen-bond acceptors (Lipinski definition) is 4. The van der Waals surface area contributed by atoms with Gasteiger partial charge in [0.25, 0.3) is 10.0 Å². The Morgan fingerprint density at radius 2 is 1.81 bits per heavy atom. The number of carbonyl (C=O) groups excluding carboxylic acids is 1. The Kier molecular flexibility index (Phi) is 5.24. The molecule has 3 N–H and O–H groups in total. The minimum atomic E-state index is -3.79. The first-order valence-electron chi connectivity index (χ1n) is 8.24. The molecular weight excluding hydrogens is 357 g/mol. The Bertz CT molecular complexity index is 883. The molecule has 0 unspecified atom stereocenters. The average molecular weight is 377 g/mol. The Labute approximate surface area is 151 Å². The highest BCUT2D eigenvalue weighted by Crippen LogP contribution is 2.18. The number of likely N-dealkylation sites (tertiary alicyclic amines) is 1. The maximum absolute atomic E-state index is 12.9. The monoisotopic (exact) mass is 377 g/mol. The van der Waals surface area contributed by atoms with Crippen LogP contribution in [-0.2, 0) is 21.2 Å². The van der Waals surface area contributed by atoms with Crippen LogP contribution in [0.15, 0.2) is 53.4 Å². The van der Waals surface area contributed by atoms with Crippen molar-refractivity contribution in [1.82, 2.24) is 4.90 Å². The molecule has 0 spiro atoms. The lowest BCUT2D eigenvalue weighted by Crippen LogP contribution is -2.32. The quantitative estimate of drug-likeness (QED) is 0.830. The molecular formula is C18H20FN3O3S. The van der Waals surface area contributed by atoms with Gasteiger partial charge in [-0.05, 0) is 48.4 Å². The number of nitrogens with one attached hydrogen (secondary N) is 1. The zero-order valence-corrected chi connectivity index (χ0v) is 14.9. The number of halogens is 1. The summed E-state index contributed by atoms with van der Waals surface area (Å²) < 4.78 is 39.9. The molecule has 0 aromatic heterocycles. The SMILES string of the molecule is N[C@@H]1CCN(C(=O)Cc2ccc(NS(=O)(=O)c3ccc(F)cc3)cc2)C1. The molecule has 1 fully saturated rings. The van der Waals surface area contributed by atoms with Gasteiger partial charge in [-0.15, -0.1) is 0 Å². The van der Waals surface area contributed by atoms with Gasteiger partial charge >= 0.3 is 0 Å². The van der Waals surface area contributed by atoms with Crippen molar-refractivity contribution in [3.8, 4) is 0 Å². The number of amides is 1. The van der Waals surface area contributed by atoms with Crippen LogP contribution in [0.1, 0.15) is 12.0 Å². The van der Waals surface area contributed by atoms with E-state index in [2.05, 4.69) is 4.72 Å². The maximum Gasteiger partial charge on any atom is 0.261 e. The topological polar surface area (TPSA) is 92.5 Å². The smallest absolute Gasteiger partial charge is 0.261 e. The number of anilines is 1. The first kappa shape index (κ1) is 18.3. The molecule has 26 heavy (non-hydrogen) atoms. The van der Waals surface area contributed by atoms with Gasteiger partial charge in [-0.25, -0.2) is 12.8 Å². The largest absolute Gasteiger partial charge is 0.341 e. The molecule has 0 radical (unpaired) electrons. The summed E-state index contributed by atoms with van der Waals surface area (Å²) in [5.41, 5.74) is 6.97. The highest BCUT2D eigenvalue weighted by atomic mass is 32.2. The second-order valence-corrected chi connectivity index (χ2v) is 8.00. The minimum absolute atomic E-state index is 0.0117.